The van der Waals surface area contributed by atoms with E-state index in [9.17, 15) is 4.79 Å². The molecule has 1 heteroatoms. The van der Waals surface area contributed by atoms with Gasteiger partial charge in [0, 0.05) is 12.8 Å². The van der Waals surface area contributed by atoms with Crippen molar-refractivity contribution in [3.63, 3.8) is 0 Å². The highest BCUT2D eigenvalue weighted by Crippen LogP contribution is 2.05. The Kier molecular flexibility index (Phi) is 12.0. The van der Waals surface area contributed by atoms with E-state index in [-0.39, 0.29) is 0 Å². The number of rotatable bonds is 11. The molecule has 0 aliphatic heterocycles. The third-order valence-corrected chi connectivity index (χ3v) is 2.80. The van der Waals surface area contributed by atoms with Crippen molar-refractivity contribution < 1.29 is 4.79 Å². The Morgan fingerprint density at radius 2 is 1.56 bits per heavy atom. The monoisotopic (exact) mass is 224 g/mol. The summed E-state index contributed by atoms with van der Waals surface area (Å²) in [6, 6.07) is 0. The predicted molar refractivity (Wildman–Crippen MR) is 71.7 cm³/mol. The summed E-state index contributed by atoms with van der Waals surface area (Å²) < 4.78 is 0. The summed E-state index contributed by atoms with van der Waals surface area (Å²) in [4.78, 5) is 11.4. The Morgan fingerprint density at radius 3 is 2.25 bits per heavy atom. The van der Waals surface area contributed by atoms with Gasteiger partial charge in [0.2, 0.25) is 0 Å². The second-order valence-electron chi connectivity index (χ2n) is 4.52. The van der Waals surface area contributed by atoms with Crippen LogP contribution in [0, 0.1) is 0 Å². The lowest BCUT2D eigenvalue weighted by molar-refractivity contribution is -0.118. The normalized spacial score (nSPS) is 11.1. The van der Waals surface area contributed by atoms with Gasteiger partial charge in [-0.1, -0.05) is 58.1 Å². The molecule has 0 amide bonds. The number of allylic oxidation sites excluding steroid dienone is 2. The molecule has 0 saturated carbocycles. The van der Waals surface area contributed by atoms with Crippen molar-refractivity contribution in [2.75, 3.05) is 0 Å². The van der Waals surface area contributed by atoms with Crippen LogP contribution >= 0.6 is 0 Å². The maximum absolute atomic E-state index is 11.4. The molecule has 0 aromatic heterocycles. The Morgan fingerprint density at radius 1 is 0.875 bits per heavy atom. The van der Waals surface area contributed by atoms with E-state index >= 15 is 0 Å². The van der Waals surface area contributed by atoms with Crippen LogP contribution in [0.2, 0.25) is 0 Å². The Labute approximate surface area is 101 Å². The fourth-order valence-electron chi connectivity index (χ4n) is 1.70. The summed E-state index contributed by atoms with van der Waals surface area (Å²) >= 11 is 0. The molecule has 0 radical (unpaired) electrons. The van der Waals surface area contributed by atoms with Crippen molar-refractivity contribution in [1.82, 2.24) is 0 Å². The van der Waals surface area contributed by atoms with Crippen molar-refractivity contribution in [1.29, 1.82) is 0 Å². The van der Waals surface area contributed by atoms with Gasteiger partial charge in [0.05, 0.1) is 0 Å². The fraction of sp³-hybridized carbons (Fsp3) is 0.800. The number of Topliss-reactive ketones (excluding diaryl/α,β-unsaturated/α-hetero) is 1. The van der Waals surface area contributed by atoms with Crippen LogP contribution in [0.3, 0.4) is 0 Å². The van der Waals surface area contributed by atoms with Gasteiger partial charge in [-0.3, -0.25) is 4.79 Å². The van der Waals surface area contributed by atoms with Crippen molar-refractivity contribution in [3.8, 4) is 0 Å². The molecule has 0 spiro atoms. The molecular weight excluding hydrogens is 196 g/mol. The van der Waals surface area contributed by atoms with Crippen LogP contribution in [0.4, 0.5) is 0 Å². The molecule has 94 valence electrons. The summed E-state index contributed by atoms with van der Waals surface area (Å²) in [6.45, 7) is 4.39. The Bertz CT molecular complexity index is 182. The van der Waals surface area contributed by atoms with E-state index in [2.05, 4.69) is 26.0 Å². The number of unbranched alkanes of at least 4 members (excludes halogenated alkanes) is 6. The minimum Gasteiger partial charge on any atom is -0.299 e. The molecule has 1 nitrogen and oxygen atoms in total. The third kappa shape index (κ3) is 11.5. The second-order valence-corrected chi connectivity index (χ2v) is 4.52. The van der Waals surface area contributed by atoms with Crippen LogP contribution in [0.5, 0.6) is 0 Å². The van der Waals surface area contributed by atoms with Crippen LogP contribution in [0.1, 0.15) is 78.1 Å². The molecule has 0 atom stereocenters. The predicted octanol–water partition coefficient (Wildman–Crippen LogP) is 5.05. The Hall–Kier alpha value is -0.590. The largest absolute Gasteiger partial charge is 0.299 e. The lowest BCUT2D eigenvalue weighted by atomic mass is 10.1. The standard InChI is InChI=1S/C15H28O/c1-3-5-7-8-9-10-12-14-15(16)13-11-6-4-2/h10,12H,3-9,11,13-14H2,1-2H3/b12-10-. The van der Waals surface area contributed by atoms with E-state index in [0.717, 1.165) is 19.3 Å². The maximum Gasteiger partial charge on any atom is 0.136 e. The van der Waals surface area contributed by atoms with Crippen molar-refractivity contribution in [2.45, 2.75) is 78.1 Å². The SMILES string of the molecule is CCCCCC/C=C\CC(=O)CCCCC. The molecule has 0 heterocycles. The topological polar surface area (TPSA) is 17.1 Å². The van der Waals surface area contributed by atoms with Gasteiger partial charge >= 0.3 is 0 Å². The fourth-order valence-corrected chi connectivity index (χ4v) is 1.70. The first-order valence-electron chi connectivity index (χ1n) is 6.98. The van der Waals surface area contributed by atoms with E-state index < -0.39 is 0 Å². The quantitative estimate of drug-likeness (QED) is 0.354. The molecule has 0 rings (SSSR count). The zero-order valence-corrected chi connectivity index (χ0v) is 11.1. The molecule has 0 bridgehead atoms. The lowest BCUT2D eigenvalue weighted by Crippen LogP contribution is -1.94. The average molecular weight is 224 g/mol. The molecule has 0 saturated heterocycles. The van der Waals surface area contributed by atoms with Crippen LogP contribution < -0.4 is 0 Å². The molecule has 0 aliphatic rings. The van der Waals surface area contributed by atoms with Gasteiger partial charge < -0.3 is 0 Å². The van der Waals surface area contributed by atoms with Gasteiger partial charge in [-0.05, 0) is 19.3 Å². The van der Waals surface area contributed by atoms with Gasteiger partial charge in [0.25, 0.3) is 0 Å². The Balaban J connectivity index is 3.27. The smallest absolute Gasteiger partial charge is 0.136 e. The molecule has 16 heavy (non-hydrogen) atoms. The minimum absolute atomic E-state index is 0.401. The van der Waals surface area contributed by atoms with Crippen LogP contribution in [0.15, 0.2) is 12.2 Å². The molecule has 0 unspecified atom stereocenters. The molecule has 0 aliphatic carbocycles. The highest BCUT2D eigenvalue weighted by atomic mass is 16.1. The first kappa shape index (κ1) is 15.4. The van der Waals surface area contributed by atoms with Crippen molar-refractivity contribution in [2.24, 2.45) is 0 Å². The zero-order chi connectivity index (χ0) is 12.1. The van der Waals surface area contributed by atoms with E-state index in [1.807, 2.05) is 0 Å². The van der Waals surface area contributed by atoms with E-state index in [4.69, 9.17) is 0 Å². The number of carbonyl (C=O) groups is 1. The van der Waals surface area contributed by atoms with Gasteiger partial charge in [-0.15, -0.1) is 0 Å². The lowest BCUT2D eigenvalue weighted by Gasteiger charge is -1.96. The van der Waals surface area contributed by atoms with Gasteiger partial charge in [-0.25, -0.2) is 0 Å². The van der Waals surface area contributed by atoms with Crippen LogP contribution in [-0.2, 0) is 4.79 Å². The first-order valence-corrected chi connectivity index (χ1v) is 6.98. The van der Waals surface area contributed by atoms with Crippen LogP contribution in [-0.4, -0.2) is 5.78 Å². The molecule has 0 aromatic carbocycles. The summed E-state index contributed by atoms with van der Waals surface area (Å²) in [6.07, 6.45) is 15.5. The van der Waals surface area contributed by atoms with Gasteiger partial charge in [-0.2, -0.15) is 0 Å². The number of carbonyl (C=O) groups excluding carboxylic acids is 1. The first-order chi connectivity index (χ1) is 7.81. The minimum atomic E-state index is 0.401. The van der Waals surface area contributed by atoms with Crippen molar-refractivity contribution >= 4 is 5.78 Å². The molecule has 0 fully saturated rings. The maximum atomic E-state index is 11.4. The average Bonchev–Trinajstić information content (AvgIpc) is 2.28. The highest BCUT2D eigenvalue weighted by molar-refractivity contribution is 5.79. The van der Waals surface area contributed by atoms with Crippen molar-refractivity contribution in [3.05, 3.63) is 12.2 Å². The van der Waals surface area contributed by atoms with E-state index in [1.165, 1.54) is 38.5 Å². The number of hydrogen-bond donors (Lipinski definition) is 0. The summed E-state index contributed by atoms with van der Waals surface area (Å²) in [7, 11) is 0. The molecular formula is C15H28O. The highest BCUT2D eigenvalue weighted by Gasteiger charge is 1.97. The molecule has 0 aromatic rings. The van der Waals surface area contributed by atoms with Gasteiger partial charge in [0.1, 0.15) is 5.78 Å². The summed E-state index contributed by atoms with van der Waals surface area (Å²) in [5.41, 5.74) is 0. The second kappa shape index (κ2) is 12.5. The summed E-state index contributed by atoms with van der Waals surface area (Å²) in [5, 5.41) is 0. The summed E-state index contributed by atoms with van der Waals surface area (Å²) in [5.74, 6) is 0.401. The van der Waals surface area contributed by atoms with E-state index in [0.29, 0.717) is 12.2 Å². The van der Waals surface area contributed by atoms with Gasteiger partial charge in [0.15, 0.2) is 0 Å². The number of hydrogen-bond acceptors (Lipinski definition) is 1. The van der Waals surface area contributed by atoms with Crippen LogP contribution in [0.25, 0.3) is 0 Å². The zero-order valence-electron chi connectivity index (χ0n) is 11.1. The molecule has 0 N–H and O–H groups in total. The third-order valence-electron chi connectivity index (χ3n) is 2.80. The number of ketones is 1. The van der Waals surface area contributed by atoms with E-state index in [1.54, 1.807) is 0 Å².